The van der Waals surface area contributed by atoms with Gasteiger partial charge in [0.1, 0.15) is 4.90 Å². The Hall–Kier alpha value is -0.600. The lowest BCUT2D eigenvalue weighted by atomic mass is 10.2. The van der Waals surface area contributed by atoms with Crippen LogP contribution in [0.2, 0.25) is 5.02 Å². The van der Waals surface area contributed by atoms with Crippen LogP contribution in [-0.2, 0) is 16.6 Å². The predicted molar refractivity (Wildman–Crippen MR) is 84.9 cm³/mol. The van der Waals surface area contributed by atoms with Crippen LogP contribution in [-0.4, -0.2) is 13.5 Å². The maximum Gasteiger partial charge on any atom is 0.263 e. The van der Waals surface area contributed by atoms with Crippen molar-refractivity contribution in [2.45, 2.75) is 18.4 Å². The van der Waals surface area contributed by atoms with Crippen LogP contribution in [0, 0.1) is 6.92 Å². The van der Waals surface area contributed by atoms with E-state index in [1.54, 1.807) is 25.1 Å². The van der Waals surface area contributed by atoms with E-state index < -0.39 is 10.0 Å². The number of aliphatic hydroxyl groups excluding tert-OH is 1. The molecule has 2 rings (SSSR count). The average Bonchev–Trinajstić information content (AvgIpc) is 2.76. The third-order valence-corrected chi connectivity index (χ3v) is 6.51. The van der Waals surface area contributed by atoms with Crippen molar-refractivity contribution in [1.29, 1.82) is 0 Å². The largest absolute Gasteiger partial charge is 0.391 e. The zero-order valence-electron chi connectivity index (χ0n) is 10.4. The van der Waals surface area contributed by atoms with Crippen LogP contribution >= 0.6 is 38.9 Å². The number of para-hydroxylation sites is 1. The fourth-order valence-electron chi connectivity index (χ4n) is 1.61. The second kappa shape index (κ2) is 6.03. The number of halogens is 2. The molecule has 0 saturated carbocycles. The molecule has 108 valence electrons. The van der Waals surface area contributed by atoms with Gasteiger partial charge in [-0.05, 0) is 40.5 Å². The van der Waals surface area contributed by atoms with E-state index >= 15 is 0 Å². The summed E-state index contributed by atoms with van der Waals surface area (Å²) in [5.41, 5.74) is 1.09. The van der Waals surface area contributed by atoms with Crippen molar-refractivity contribution >= 4 is 54.6 Å². The Bertz CT molecular complexity index is 723. The lowest BCUT2D eigenvalue weighted by Gasteiger charge is -2.11. The highest BCUT2D eigenvalue weighted by Crippen LogP contribution is 2.34. The highest BCUT2D eigenvalue weighted by molar-refractivity contribution is 9.11. The number of rotatable bonds is 4. The summed E-state index contributed by atoms with van der Waals surface area (Å²) in [6.45, 7) is 1.56. The van der Waals surface area contributed by atoms with Gasteiger partial charge in [-0.25, -0.2) is 8.42 Å². The maximum atomic E-state index is 12.4. The molecule has 0 atom stereocenters. The van der Waals surface area contributed by atoms with Gasteiger partial charge in [0, 0.05) is 4.88 Å². The van der Waals surface area contributed by atoms with E-state index in [1.807, 2.05) is 0 Å². The van der Waals surface area contributed by atoms with Crippen LogP contribution in [0.3, 0.4) is 0 Å². The van der Waals surface area contributed by atoms with Gasteiger partial charge in [0.2, 0.25) is 0 Å². The zero-order valence-corrected chi connectivity index (χ0v) is 14.3. The maximum absolute atomic E-state index is 12.4. The third-order valence-electron chi connectivity index (χ3n) is 2.61. The Balaban J connectivity index is 2.43. The molecule has 0 unspecified atom stereocenters. The topological polar surface area (TPSA) is 66.4 Å². The van der Waals surface area contributed by atoms with Gasteiger partial charge in [-0.2, -0.15) is 0 Å². The summed E-state index contributed by atoms with van der Waals surface area (Å²) in [7, 11) is -3.76. The number of hydrogen-bond donors (Lipinski definition) is 2. The van der Waals surface area contributed by atoms with E-state index in [0.29, 0.717) is 19.4 Å². The van der Waals surface area contributed by atoms with E-state index in [0.717, 1.165) is 5.56 Å². The minimum Gasteiger partial charge on any atom is -0.391 e. The van der Waals surface area contributed by atoms with Gasteiger partial charge < -0.3 is 5.11 Å². The molecule has 0 fully saturated rings. The van der Waals surface area contributed by atoms with Crippen LogP contribution in [0.15, 0.2) is 32.9 Å². The Morgan fingerprint density at radius 1 is 1.45 bits per heavy atom. The highest BCUT2D eigenvalue weighted by atomic mass is 79.9. The standard InChI is InChI=1S/C12H11BrClNO3S2/c1-7-3-2-4-9(14)11(7)15-20(17,18)10-5-8(6-16)19-12(10)13/h2-5,15-16H,6H2,1H3. The van der Waals surface area contributed by atoms with Crippen molar-refractivity contribution in [3.05, 3.63) is 43.5 Å². The van der Waals surface area contributed by atoms with Crippen molar-refractivity contribution in [3.8, 4) is 0 Å². The highest BCUT2D eigenvalue weighted by Gasteiger charge is 2.22. The normalized spacial score (nSPS) is 11.6. The monoisotopic (exact) mass is 395 g/mol. The number of sulfonamides is 1. The molecule has 0 aliphatic heterocycles. The summed E-state index contributed by atoms with van der Waals surface area (Å²) in [5, 5.41) is 9.41. The van der Waals surface area contributed by atoms with E-state index in [2.05, 4.69) is 20.7 Å². The second-order valence-corrected chi connectivity index (χ2v) is 8.56. The molecular weight excluding hydrogens is 386 g/mol. The van der Waals surface area contributed by atoms with E-state index in [9.17, 15) is 8.42 Å². The summed E-state index contributed by atoms with van der Waals surface area (Å²) in [5.74, 6) is 0. The number of benzene rings is 1. The van der Waals surface area contributed by atoms with Crippen molar-refractivity contribution in [2.24, 2.45) is 0 Å². The minimum absolute atomic E-state index is 0.0888. The molecule has 20 heavy (non-hydrogen) atoms. The number of thiophene rings is 1. The van der Waals surface area contributed by atoms with Crippen LogP contribution < -0.4 is 4.72 Å². The summed E-state index contributed by atoms with van der Waals surface area (Å²) in [6.07, 6.45) is 0. The fraction of sp³-hybridized carbons (Fsp3) is 0.167. The van der Waals surface area contributed by atoms with Gasteiger partial charge in [0.25, 0.3) is 10.0 Å². The van der Waals surface area contributed by atoms with E-state index in [-0.39, 0.29) is 11.5 Å². The summed E-state index contributed by atoms with van der Waals surface area (Å²) >= 11 is 10.4. The molecule has 1 aromatic carbocycles. The number of aliphatic hydroxyl groups is 1. The van der Waals surface area contributed by atoms with Crippen LogP contribution in [0.5, 0.6) is 0 Å². The van der Waals surface area contributed by atoms with E-state index in [4.69, 9.17) is 16.7 Å². The van der Waals surface area contributed by atoms with Gasteiger partial charge in [0.15, 0.2) is 0 Å². The summed E-state index contributed by atoms with van der Waals surface area (Å²) < 4.78 is 27.7. The molecule has 2 N–H and O–H groups in total. The summed E-state index contributed by atoms with van der Waals surface area (Å²) in [4.78, 5) is 0.652. The van der Waals surface area contributed by atoms with Gasteiger partial charge in [-0.3, -0.25) is 4.72 Å². The number of hydrogen-bond acceptors (Lipinski definition) is 4. The number of aryl methyl sites for hydroxylation is 1. The first-order chi connectivity index (χ1) is 9.35. The quantitative estimate of drug-likeness (QED) is 0.827. The zero-order chi connectivity index (χ0) is 14.9. The Labute approximate surface area is 134 Å². The first-order valence-electron chi connectivity index (χ1n) is 5.52. The molecule has 0 saturated heterocycles. The average molecular weight is 397 g/mol. The first-order valence-corrected chi connectivity index (χ1v) is 8.99. The molecule has 0 spiro atoms. The van der Waals surface area contributed by atoms with Gasteiger partial charge >= 0.3 is 0 Å². The third kappa shape index (κ3) is 3.17. The van der Waals surface area contributed by atoms with Crippen LogP contribution in [0.1, 0.15) is 10.4 Å². The van der Waals surface area contributed by atoms with Gasteiger partial charge in [-0.1, -0.05) is 23.7 Å². The summed E-state index contributed by atoms with van der Waals surface area (Å²) in [6, 6.07) is 6.57. The molecule has 8 heteroatoms. The Morgan fingerprint density at radius 3 is 2.70 bits per heavy atom. The molecule has 1 aromatic heterocycles. The van der Waals surface area contributed by atoms with Gasteiger partial charge in [0.05, 0.1) is 21.1 Å². The van der Waals surface area contributed by atoms with Crippen molar-refractivity contribution in [2.75, 3.05) is 4.72 Å². The lowest BCUT2D eigenvalue weighted by molar-refractivity contribution is 0.285. The smallest absolute Gasteiger partial charge is 0.263 e. The Kier molecular flexibility index (Phi) is 4.76. The van der Waals surface area contributed by atoms with Crippen molar-refractivity contribution in [3.63, 3.8) is 0 Å². The molecule has 0 aliphatic carbocycles. The molecule has 0 amide bonds. The Morgan fingerprint density at radius 2 is 2.15 bits per heavy atom. The van der Waals surface area contributed by atoms with Crippen molar-refractivity contribution in [1.82, 2.24) is 0 Å². The van der Waals surface area contributed by atoms with E-state index in [1.165, 1.54) is 17.4 Å². The van der Waals surface area contributed by atoms with Crippen LogP contribution in [0.25, 0.3) is 0 Å². The van der Waals surface area contributed by atoms with Gasteiger partial charge in [-0.15, -0.1) is 11.3 Å². The molecule has 0 aliphatic rings. The molecule has 1 heterocycles. The number of nitrogens with one attached hydrogen (secondary N) is 1. The first kappa shape index (κ1) is 15.8. The fourth-order valence-corrected chi connectivity index (χ4v) is 5.63. The lowest BCUT2D eigenvalue weighted by Crippen LogP contribution is -2.13. The SMILES string of the molecule is Cc1cccc(Cl)c1NS(=O)(=O)c1cc(CO)sc1Br. The van der Waals surface area contributed by atoms with Crippen LogP contribution in [0.4, 0.5) is 5.69 Å². The molecular formula is C12H11BrClNO3S2. The number of anilines is 1. The molecule has 2 aromatic rings. The van der Waals surface area contributed by atoms with Crippen molar-refractivity contribution < 1.29 is 13.5 Å². The molecule has 4 nitrogen and oxygen atoms in total. The second-order valence-electron chi connectivity index (χ2n) is 4.05. The minimum atomic E-state index is -3.76. The predicted octanol–water partition coefficient (Wildman–Crippen LogP) is 3.77. The molecule has 0 bridgehead atoms. The molecule has 0 radical (unpaired) electrons.